The number of hydrogen-bond acceptors (Lipinski definition) is 4. The zero-order chi connectivity index (χ0) is 17.4. The van der Waals surface area contributed by atoms with Gasteiger partial charge in [0.1, 0.15) is 22.9 Å². The van der Waals surface area contributed by atoms with Gasteiger partial charge in [0.05, 0.1) is 7.11 Å². The second kappa shape index (κ2) is 5.82. The largest absolute Gasteiger partial charge is 0.496 e. The molecule has 122 valence electrons. The molecule has 1 heterocycles. The Morgan fingerprint density at radius 1 is 1.09 bits per heavy atom. The summed E-state index contributed by atoms with van der Waals surface area (Å²) < 4.78 is 11.1. The number of ketones is 2. The number of carbonyl (C=O) groups excluding carboxylic acids is 2. The van der Waals surface area contributed by atoms with Crippen LogP contribution in [-0.4, -0.2) is 29.9 Å². The van der Waals surface area contributed by atoms with Crippen LogP contribution >= 0.6 is 0 Å². The highest BCUT2D eigenvalue weighted by Crippen LogP contribution is 2.41. The van der Waals surface area contributed by atoms with Crippen molar-refractivity contribution in [1.29, 1.82) is 0 Å². The molecule has 0 spiro atoms. The number of methoxy groups -OCH3 is 1. The Hall–Kier alpha value is -2.12. The fraction of sp³-hybridized carbons (Fsp3) is 0.474. The first-order valence-corrected chi connectivity index (χ1v) is 7.53. The maximum absolute atomic E-state index is 12.8. The number of hydrogen-bond donors (Lipinski definition) is 0. The third kappa shape index (κ3) is 3.02. The minimum absolute atomic E-state index is 0.255. The van der Waals surface area contributed by atoms with Gasteiger partial charge in [-0.1, -0.05) is 12.0 Å². The molecule has 1 aliphatic rings. The Morgan fingerprint density at radius 2 is 1.65 bits per heavy atom. The molecule has 2 rings (SSSR count). The summed E-state index contributed by atoms with van der Waals surface area (Å²) in [5.41, 5.74) is -0.726. The number of ether oxygens (including phenoxy) is 2. The highest BCUT2D eigenvalue weighted by Gasteiger charge is 2.53. The van der Waals surface area contributed by atoms with Crippen LogP contribution in [0.4, 0.5) is 0 Å². The van der Waals surface area contributed by atoms with E-state index in [0.717, 1.165) is 5.56 Å². The average molecular weight is 314 g/mol. The van der Waals surface area contributed by atoms with Gasteiger partial charge >= 0.3 is 0 Å². The van der Waals surface area contributed by atoms with Crippen LogP contribution in [0.15, 0.2) is 18.2 Å². The van der Waals surface area contributed by atoms with Crippen molar-refractivity contribution < 1.29 is 19.1 Å². The Labute approximate surface area is 137 Å². The molecule has 0 atom stereocenters. The van der Waals surface area contributed by atoms with Crippen LogP contribution in [0.1, 0.15) is 51.7 Å². The van der Waals surface area contributed by atoms with E-state index in [2.05, 4.69) is 11.8 Å². The molecule has 4 heteroatoms. The molecule has 0 amide bonds. The molecule has 23 heavy (non-hydrogen) atoms. The first-order chi connectivity index (χ1) is 10.6. The van der Waals surface area contributed by atoms with E-state index in [0.29, 0.717) is 11.3 Å². The van der Waals surface area contributed by atoms with Crippen molar-refractivity contribution in [1.82, 2.24) is 0 Å². The Balaban J connectivity index is 2.60. The topological polar surface area (TPSA) is 52.6 Å². The van der Waals surface area contributed by atoms with E-state index in [-0.39, 0.29) is 11.6 Å². The summed E-state index contributed by atoms with van der Waals surface area (Å²) in [6.45, 7) is 8.52. The van der Waals surface area contributed by atoms with Crippen molar-refractivity contribution in [2.45, 2.75) is 51.7 Å². The molecule has 1 saturated heterocycles. The maximum Gasteiger partial charge on any atom is 0.179 e. The molecule has 1 aromatic rings. The van der Waals surface area contributed by atoms with Gasteiger partial charge in [0.25, 0.3) is 0 Å². The van der Waals surface area contributed by atoms with Crippen LogP contribution in [0.3, 0.4) is 0 Å². The molecule has 0 unspecified atom stereocenters. The Kier molecular flexibility index (Phi) is 4.37. The summed E-state index contributed by atoms with van der Waals surface area (Å²) in [5, 5.41) is 0. The van der Waals surface area contributed by atoms with Gasteiger partial charge in [-0.3, -0.25) is 9.59 Å². The van der Waals surface area contributed by atoms with Crippen LogP contribution in [-0.2, 0) is 14.3 Å². The molecule has 1 fully saturated rings. The number of benzene rings is 1. The number of rotatable bonds is 2. The third-order valence-corrected chi connectivity index (χ3v) is 4.04. The van der Waals surface area contributed by atoms with Gasteiger partial charge in [-0.05, 0) is 46.8 Å². The smallest absolute Gasteiger partial charge is 0.179 e. The van der Waals surface area contributed by atoms with Crippen molar-refractivity contribution in [3.05, 3.63) is 29.3 Å². The lowest BCUT2D eigenvalue weighted by molar-refractivity contribution is -0.184. The van der Waals surface area contributed by atoms with Crippen LogP contribution in [0.25, 0.3) is 0 Å². The predicted octanol–water partition coefficient (Wildman–Crippen LogP) is 2.88. The standard InChI is InChI=1S/C19H22O4/c1-7-8-12-9-10-13(14(11-12)22-6)15-16(20)18(2,3)23-19(4,5)17(15)21/h9-11,15H,1-6H3. The van der Waals surface area contributed by atoms with Crippen LogP contribution < -0.4 is 4.74 Å². The Bertz CT molecular complexity index is 691. The lowest BCUT2D eigenvalue weighted by atomic mass is 9.75. The van der Waals surface area contributed by atoms with E-state index in [4.69, 9.17) is 9.47 Å². The van der Waals surface area contributed by atoms with Crippen molar-refractivity contribution >= 4 is 11.6 Å². The van der Waals surface area contributed by atoms with Crippen LogP contribution in [0.2, 0.25) is 0 Å². The van der Waals surface area contributed by atoms with Gasteiger partial charge in [0.2, 0.25) is 0 Å². The number of Topliss-reactive ketones (excluding diaryl/α,β-unsaturated/α-hetero) is 2. The highest BCUT2D eigenvalue weighted by molar-refractivity contribution is 6.15. The van der Waals surface area contributed by atoms with Gasteiger partial charge in [0.15, 0.2) is 11.6 Å². The van der Waals surface area contributed by atoms with Crippen LogP contribution in [0.5, 0.6) is 5.75 Å². The number of carbonyl (C=O) groups is 2. The van der Waals surface area contributed by atoms with Gasteiger partial charge < -0.3 is 9.47 Å². The van der Waals surface area contributed by atoms with E-state index in [9.17, 15) is 9.59 Å². The minimum atomic E-state index is -1.03. The molecule has 0 radical (unpaired) electrons. The zero-order valence-electron chi connectivity index (χ0n) is 14.4. The van der Waals surface area contributed by atoms with Gasteiger partial charge in [0, 0.05) is 11.1 Å². The predicted molar refractivity (Wildman–Crippen MR) is 87.5 cm³/mol. The van der Waals surface area contributed by atoms with E-state index in [1.165, 1.54) is 7.11 Å². The van der Waals surface area contributed by atoms with Crippen molar-refractivity contribution in [3.8, 4) is 17.6 Å². The highest BCUT2D eigenvalue weighted by atomic mass is 16.5. The third-order valence-electron chi connectivity index (χ3n) is 4.04. The average Bonchev–Trinajstić information content (AvgIpc) is 2.46. The normalized spacial score (nSPS) is 19.9. The van der Waals surface area contributed by atoms with Gasteiger partial charge in [-0.2, -0.15) is 0 Å². The molecule has 1 aromatic carbocycles. The summed E-state index contributed by atoms with van der Waals surface area (Å²) in [7, 11) is 1.52. The maximum atomic E-state index is 12.8. The molecule has 4 nitrogen and oxygen atoms in total. The molecule has 0 aromatic heterocycles. The van der Waals surface area contributed by atoms with E-state index >= 15 is 0 Å². The molecular formula is C19H22O4. The molecule has 1 aliphatic heterocycles. The van der Waals surface area contributed by atoms with Gasteiger partial charge in [-0.15, -0.1) is 5.92 Å². The molecule has 0 bridgehead atoms. The molecule has 0 N–H and O–H groups in total. The second-order valence-electron chi connectivity index (χ2n) is 6.62. The second-order valence-corrected chi connectivity index (χ2v) is 6.62. The summed E-state index contributed by atoms with van der Waals surface area (Å²) >= 11 is 0. The first-order valence-electron chi connectivity index (χ1n) is 7.53. The van der Waals surface area contributed by atoms with E-state index < -0.39 is 17.1 Å². The summed E-state index contributed by atoms with van der Waals surface area (Å²) in [6, 6.07) is 5.29. The quantitative estimate of drug-likeness (QED) is 0.622. The summed E-state index contributed by atoms with van der Waals surface area (Å²) in [4.78, 5) is 25.6. The monoisotopic (exact) mass is 314 g/mol. The lowest BCUT2D eigenvalue weighted by Crippen LogP contribution is -2.57. The van der Waals surface area contributed by atoms with E-state index in [1.807, 2.05) is 0 Å². The van der Waals surface area contributed by atoms with Crippen molar-refractivity contribution in [2.24, 2.45) is 0 Å². The van der Waals surface area contributed by atoms with Crippen molar-refractivity contribution in [2.75, 3.05) is 7.11 Å². The van der Waals surface area contributed by atoms with Crippen molar-refractivity contribution in [3.63, 3.8) is 0 Å². The fourth-order valence-electron chi connectivity index (χ4n) is 3.01. The SMILES string of the molecule is CC#Cc1ccc(C2C(=O)C(C)(C)OC(C)(C)C2=O)c(OC)c1. The summed E-state index contributed by atoms with van der Waals surface area (Å²) in [5.74, 6) is 4.85. The van der Waals surface area contributed by atoms with Gasteiger partial charge in [-0.25, -0.2) is 0 Å². The zero-order valence-corrected chi connectivity index (χ0v) is 14.4. The summed E-state index contributed by atoms with van der Waals surface area (Å²) in [6.07, 6.45) is 0. The Morgan fingerprint density at radius 3 is 2.13 bits per heavy atom. The molecule has 0 aliphatic carbocycles. The minimum Gasteiger partial charge on any atom is -0.496 e. The molecule has 0 saturated carbocycles. The van der Waals surface area contributed by atoms with Crippen LogP contribution in [0, 0.1) is 11.8 Å². The fourth-order valence-corrected chi connectivity index (χ4v) is 3.01. The lowest BCUT2D eigenvalue weighted by Gasteiger charge is -2.42. The molecular weight excluding hydrogens is 292 g/mol. The van der Waals surface area contributed by atoms with E-state index in [1.54, 1.807) is 52.8 Å². The first kappa shape index (κ1) is 17.2.